The summed E-state index contributed by atoms with van der Waals surface area (Å²) in [4.78, 5) is 14.1. The number of hydrogen-bond donors (Lipinski definition) is 2. The lowest BCUT2D eigenvalue weighted by atomic mass is 9.95. The second-order valence-corrected chi connectivity index (χ2v) is 5.90. The molecule has 0 aliphatic carbocycles. The predicted octanol–water partition coefficient (Wildman–Crippen LogP) is 0.727. The summed E-state index contributed by atoms with van der Waals surface area (Å²) < 4.78 is 5.22. The summed E-state index contributed by atoms with van der Waals surface area (Å²) in [5.74, 6) is -0.258. The van der Waals surface area contributed by atoms with Gasteiger partial charge in [-0.15, -0.1) is 0 Å². The molecule has 0 saturated carbocycles. The van der Waals surface area contributed by atoms with Gasteiger partial charge in [0.05, 0.1) is 11.7 Å². The number of piperazine rings is 1. The lowest BCUT2D eigenvalue weighted by molar-refractivity contribution is 0.0300. The lowest BCUT2D eigenvalue weighted by Crippen LogP contribution is -2.45. The first-order valence-corrected chi connectivity index (χ1v) is 7.58. The third-order valence-corrected chi connectivity index (χ3v) is 4.19. The van der Waals surface area contributed by atoms with Crippen molar-refractivity contribution in [3.8, 4) is 0 Å². The number of aliphatic hydroxyl groups is 1. The molecule has 2 atom stereocenters. The minimum Gasteiger partial charge on any atom is -0.459 e. The van der Waals surface area contributed by atoms with Crippen molar-refractivity contribution in [2.75, 3.05) is 32.7 Å². The highest BCUT2D eigenvalue weighted by Crippen LogP contribution is 2.25. The Morgan fingerprint density at radius 1 is 1.43 bits per heavy atom. The number of rotatable bonds is 3. The number of esters is 1. The van der Waals surface area contributed by atoms with Crippen molar-refractivity contribution in [1.82, 2.24) is 10.2 Å². The fourth-order valence-electron chi connectivity index (χ4n) is 3.03. The van der Waals surface area contributed by atoms with E-state index in [1.165, 1.54) is 0 Å². The number of β-amino-alcohol motifs (C(OH)–C–C–N with tert-alkyl or cyclic N) is 1. The molecule has 3 rings (SSSR count). The number of nitrogens with one attached hydrogen (secondary N) is 1. The van der Waals surface area contributed by atoms with Gasteiger partial charge in [-0.2, -0.15) is 0 Å². The Morgan fingerprint density at radius 3 is 2.95 bits per heavy atom. The maximum atomic E-state index is 11.8. The van der Waals surface area contributed by atoms with Gasteiger partial charge in [0.2, 0.25) is 0 Å². The van der Waals surface area contributed by atoms with Crippen LogP contribution in [0, 0.1) is 0 Å². The monoisotopic (exact) mass is 290 g/mol. The molecule has 0 bridgehead atoms. The third kappa shape index (κ3) is 3.26. The van der Waals surface area contributed by atoms with Crippen LogP contribution in [-0.4, -0.2) is 54.8 Å². The second-order valence-electron chi connectivity index (χ2n) is 5.90. The Balaban J connectivity index is 1.73. The van der Waals surface area contributed by atoms with Crippen molar-refractivity contribution in [3.63, 3.8) is 0 Å². The Hall–Kier alpha value is -1.43. The first-order valence-electron chi connectivity index (χ1n) is 7.58. The van der Waals surface area contributed by atoms with Gasteiger partial charge in [-0.1, -0.05) is 12.1 Å². The number of carbonyl (C=O) groups is 1. The van der Waals surface area contributed by atoms with Crippen LogP contribution in [0.5, 0.6) is 0 Å². The lowest BCUT2D eigenvalue weighted by Gasteiger charge is -2.29. The molecule has 5 nitrogen and oxygen atoms in total. The molecule has 114 valence electrons. The van der Waals surface area contributed by atoms with Crippen LogP contribution in [-0.2, 0) is 11.2 Å². The molecule has 1 fully saturated rings. The van der Waals surface area contributed by atoms with Crippen LogP contribution in [0.4, 0.5) is 0 Å². The average Bonchev–Trinajstić information content (AvgIpc) is 2.47. The first kappa shape index (κ1) is 14.5. The van der Waals surface area contributed by atoms with E-state index in [9.17, 15) is 9.90 Å². The van der Waals surface area contributed by atoms with E-state index >= 15 is 0 Å². The normalized spacial score (nSPS) is 24.3. The molecule has 5 heteroatoms. The number of aliphatic hydroxyl groups excluding tert-OH is 1. The number of fused-ring (bicyclic) bond motifs is 1. The molecule has 0 amide bonds. The molecule has 0 spiro atoms. The highest BCUT2D eigenvalue weighted by atomic mass is 16.5. The first-order chi connectivity index (χ1) is 10.1. The Bertz CT molecular complexity index is 526. The predicted molar refractivity (Wildman–Crippen MR) is 79.3 cm³/mol. The van der Waals surface area contributed by atoms with Gasteiger partial charge in [-0.05, 0) is 24.1 Å². The van der Waals surface area contributed by atoms with E-state index in [1.54, 1.807) is 6.07 Å². The molecular formula is C16H22N2O3. The van der Waals surface area contributed by atoms with Gasteiger partial charge in [-0.25, -0.2) is 4.79 Å². The van der Waals surface area contributed by atoms with Crippen molar-refractivity contribution in [2.24, 2.45) is 0 Å². The fourth-order valence-corrected chi connectivity index (χ4v) is 3.03. The number of nitrogens with zero attached hydrogens (tertiary/aromatic N) is 1. The van der Waals surface area contributed by atoms with Crippen molar-refractivity contribution in [1.29, 1.82) is 0 Å². The van der Waals surface area contributed by atoms with Crippen LogP contribution in [0.1, 0.15) is 34.5 Å². The fraction of sp³-hybridized carbons (Fsp3) is 0.562. The summed E-state index contributed by atoms with van der Waals surface area (Å²) in [6, 6.07) is 5.57. The largest absolute Gasteiger partial charge is 0.459 e. The number of ether oxygens (including phenoxy) is 1. The molecule has 21 heavy (non-hydrogen) atoms. The summed E-state index contributed by atoms with van der Waals surface area (Å²) in [5.41, 5.74) is 2.50. The van der Waals surface area contributed by atoms with Crippen LogP contribution in [0.25, 0.3) is 0 Å². The van der Waals surface area contributed by atoms with Gasteiger partial charge in [0, 0.05) is 39.1 Å². The van der Waals surface area contributed by atoms with E-state index < -0.39 is 6.10 Å². The highest BCUT2D eigenvalue weighted by molar-refractivity contribution is 5.92. The number of benzene rings is 1. The van der Waals surface area contributed by atoms with Crippen molar-refractivity contribution >= 4 is 5.97 Å². The summed E-state index contributed by atoms with van der Waals surface area (Å²) >= 11 is 0. The number of carbonyl (C=O) groups excluding carboxylic acids is 1. The summed E-state index contributed by atoms with van der Waals surface area (Å²) in [5, 5.41) is 13.7. The summed E-state index contributed by atoms with van der Waals surface area (Å²) in [7, 11) is 0. The average molecular weight is 290 g/mol. The number of hydrogen-bond acceptors (Lipinski definition) is 5. The van der Waals surface area contributed by atoms with E-state index in [4.69, 9.17) is 4.74 Å². The van der Waals surface area contributed by atoms with Crippen LogP contribution in [0.3, 0.4) is 0 Å². The number of cyclic esters (lactones) is 1. The van der Waals surface area contributed by atoms with E-state index in [-0.39, 0.29) is 12.1 Å². The second kappa shape index (κ2) is 6.13. The van der Waals surface area contributed by atoms with Crippen LogP contribution < -0.4 is 5.32 Å². The zero-order valence-electron chi connectivity index (χ0n) is 12.3. The highest BCUT2D eigenvalue weighted by Gasteiger charge is 2.25. The molecule has 2 N–H and O–H groups in total. The SMILES string of the molecule is C[C@@H]1Cc2cc(C(O)CN3CCNCC3)ccc2C(=O)O1. The molecule has 2 aliphatic heterocycles. The molecule has 1 unspecified atom stereocenters. The molecule has 1 aromatic rings. The van der Waals surface area contributed by atoms with Crippen molar-refractivity contribution in [2.45, 2.75) is 25.6 Å². The van der Waals surface area contributed by atoms with Gasteiger partial charge >= 0.3 is 5.97 Å². The standard InChI is InChI=1S/C16H22N2O3/c1-11-8-13-9-12(2-3-14(13)16(20)21-11)15(19)10-18-6-4-17-5-7-18/h2-3,9,11,15,17,19H,4-8,10H2,1H3/t11-,15?/m1/s1. The summed E-state index contributed by atoms with van der Waals surface area (Å²) in [6.45, 7) is 6.41. The minimum atomic E-state index is -0.512. The van der Waals surface area contributed by atoms with E-state index in [2.05, 4.69) is 10.2 Å². The minimum absolute atomic E-state index is 0.0921. The molecule has 1 saturated heterocycles. The molecule has 2 heterocycles. The quantitative estimate of drug-likeness (QED) is 0.804. The van der Waals surface area contributed by atoms with Crippen LogP contribution in [0.2, 0.25) is 0 Å². The molecule has 2 aliphatic rings. The van der Waals surface area contributed by atoms with Crippen LogP contribution in [0.15, 0.2) is 18.2 Å². The molecule has 0 radical (unpaired) electrons. The summed E-state index contributed by atoms with van der Waals surface area (Å²) in [6.07, 6.45) is 0.113. The Kier molecular flexibility index (Phi) is 4.24. The van der Waals surface area contributed by atoms with Crippen molar-refractivity contribution < 1.29 is 14.6 Å². The zero-order chi connectivity index (χ0) is 14.8. The van der Waals surface area contributed by atoms with E-state index in [0.29, 0.717) is 12.1 Å². The maximum Gasteiger partial charge on any atom is 0.338 e. The van der Waals surface area contributed by atoms with Gasteiger partial charge < -0.3 is 15.2 Å². The van der Waals surface area contributed by atoms with E-state index in [1.807, 2.05) is 19.1 Å². The maximum absolute atomic E-state index is 11.8. The van der Waals surface area contributed by atoms with Gasteiger partial charge in [0.15, 0.2) is 0 Å². The van der Waals surface area contributed by atoms with Crippen LogP contribution >= 0.6 is 0 Å². The topological polar surface area (TPSA) is 61.8 Å². The zero-order valence-corrected chi connectivity index (χ0v) is 12.3. The third-order valence-electron chi connectivity index (χ3n) is 4.19. The van der Waals surface area contributed by atoms with Gasteiger partial charge in [-0.3, -0.25) is 4.90 Å². The van der Waals surface area contributed by atoms with E-state index in [0.717, 1.165) is 43.7 Å². The van der Waals surface area contributed by atoms with Gasteiger partial charge in [0.1, 0.15) is 6.10 Å². The molecular weight excluding hydrogens is 268 g/mol. The Labute approximate surface area is 124 Å². The Morgan fingerprint density at radius 2 is 2.19 bits per heavy atom. The van der Waals surface area contributed by atoms with Crippen molar-refractivity contribution in [3.05, 3.63) is 34.9 Å². The van der Waals surface area contributed by atoms with Gasteiger partial charge in [0.25, 0.3) is 0 Å². The molecule has 1 aromatic carbocycles. The molecule has 0 aromatic heterocycles. The smallest absolute Gasteiger partial charge is 0.338 e.